The number of Topliss-reactive ketones (excluding diaryl/α,β-unsaturated/α-hetero) is 1. The van der Waals surface area contributed by atoms with Crippen LogP contribution in [0.25, 0.3) is 10.9 Å². The van der Waals surface area contributed by atoms with E-state index in [9.17, 15) is 4.79 Å². The van der Waals surface area contributed by atoms with Crippen molar-refractivity contribution in [2.75, 3.05) is 6.61 Å². The first-order chi connectivity index (χ1) is 12.0. The quantitative estimate of drug-likeness (QED) is 0.495. The van der Waals surface area contributed by atoms with Gasteiger partial charge in [-0.2, -0.15) is 0 Å². The topological polar surface area (TPSA) is 44.1 Å². The van der Waals surface area contributed by atoms with Crippen molar-refractivity contribution in [2.45, 2.75) is 27.3 Å². The van der Waals surface area contributed by atoms with Gasteiger partial charge in [0.05, 0.1) is 0 Å². The van der Waals surface area contributed by atoms with Gasteiger partial charge in [-0.1, -0.05) is 24.3 Å². The van der Waals surface area contributed by atoms with Crippen LogP contribution in [0.2, 0.25) is 0 Å². The van der Waals surface area contributed by atoms with Gasteiger partial charge < -0.3 is 9.30 Å². The zero-order valence-electron chi connectivity index (χ0n) is 14.9. The third kappa shape index (κ3) is 3.33. The molecule has 0 aliphatic carbocycles. The maximum Gasteiger partial charge on any atom is 0.202 e. The SMILES string of the molecule is C=CCn1c(C)cc(C(=O)COc2cccc3ccc(C)nc23)c1C. The minimum absolute atomic E-state index is 0.00683. The first-order valence-corrected chi connectivity index (χ1v) is 8.31. The number of pyridine rings is 1. The molecular weight excluding hydrogens is 312 g/mol. The molecule has 25 heavy (non-hydrogen) atoms. The summed E-state index contributed by atoms with van der Waals surface area (Å²) in [6.45, 7) is 10.3. The van der Waals surface area contributed by atoms with Gasteiger partial charge in [-0.05, 0) is 39.0 Å². The summed E-state index contributed by atoms with van der Waals surface area (Å²) in [5.74, 6) is 0.600. The van der Waals surface area contributed by atoms with Crippen molar-refractivity contribution < 1.29 is 9.53 Å². The molecule has 0 fully saturated rings. The third-order valence-electron chi connectivity index (χ3n) is 4.37. The Morgan fingerprint density at radius 3 is 2.80 bits per heavy atom. The number of hydrogen-bond donors (Lipinski definition) is 0. The van der Waals surface area contributed by atoms with E-state index in [0.29, 0.717) is 17.9 Å². The summed E-state index contributed by atoms with van der Waals surface area (Å²) in [6.07, 6.45) is 1.83. The van der Waals surface area contributed by atoms with Crippen molar-refractivity contribution >= 4 is 16.7 Å². The van der Waals surface area contributed by atoms with Crippen LogP contribution in [0.5, 0.6) is 5.75 Å². The fourth-order valence-electron chi connectivity index (χ4n) is 3.05. The van der Waals surface area contributed by atoms with Gasteiger partial charge in [-0.15, -0.1) is 6.58 Å². The van der Waals surface area contributed by atoms with E-state index in [1.54, 1.807) is 0 Å². The van der Waals surface area contributed by atoms with Crippen LogP contribution in [0.1, 0.15) is 27.4 Å². The van der Waals surface area contributed by atoms with Gasteiger partial charge in [0, 0.05) is 34.6 Å². The van der Waals surface area contributed by atoms with Crippen LogP contribution in [0.3, 0.4) is 0 Å². The molecule has 0 N–H and O–H groups in total. The second kappa shape index (κ2) is 6.93. The number of allylic oxidation sites excluding steroid dienone is 1. The normalized spacial score (nSPS) is 10.8. The lowest BCUT2D eigenvalue weighted by atomic mass is 10.1. The average molecular weight is 334 g/mol. The van der Waals surface area contributed by atoms with Gasteiger partial charge in [-0.3, -0.25) is 4.79 Å². The first kappa shape index (κ1) is 17.0. The summed E-state index contributed by atoms with van der Waals surface area (Å²) in [5, 5.41) is 1.000. The van der Waals surface area contributed by atoms with Crippen LogP contribution in [0.15, 0.2) is 49.1 Å². The number of aromatic nitrogens is 2. The number of rotatable bonds is 6. The number of carbonyl (C=O) groups is 1. The molecule has 128 valence electrons. The van der Waals surface area contributed by atoms with Gasteiger partial charge in [0.2, 0.25) is 5.78 Å². The molecule has 4 nitrogen and oxygen atoms in total. The molecule has 0 atom stereocenters. The number of ketones is 1. The lowest BCUT2D eigenvalue weighted by molar-refractivity contribution is 0.0922. The van der Waals surface area contributed by atoms with E-state index in [1.165, 1.54) is 0 Å². The Balaban J connectivity index is 1.83. The minimum atomic E-state index is -0.0342. The largest absolute Gasteiger partial charge is 0.483 e. The van der Waals surface area contributed by atoms with Gasteiger partial charge in [0.15, 0.2) is 6.61 Å². The number of hydrogen-bond acceptors (Lipinski definition) is 3. The van der Waals surface area contributed by atoms with Crippen molar-refractivity contribution in [1.29, 1.82) is 0 Å². The predicted molar refractivity (Wildman–Crippen MR) is 100 cm³/mol. The molecule has 0 amide bonds. The first-order valence-electron chi connectivity index (χ1n) is 8.31. The number of carbonyl (C=O) groups excluding carboxylic acids is 1. The number of nitrogens with zero attached hydrogens (tertiary/aromatic N) is 2. The standard InChI is InChI=1S/C21H22N2O2/c1-5-11-23-15(3)12-18(16(23)4)19(24)13-25-20-8-6-7-17-10-9-14(2)22-21(17)20/h5-10,12H,1,11,13H2,2-4H3. The molecule has 0 bridgehead atoms. The smallest absolute Gasteiger partial charge is 0.202 e. The molecule has 0 radical (unpaired) electrons. The summed E-state index contributed by atoms with van der Waals surface area (Å²) >= 11 is 0. The molecule has 2 aromatic heterocycles. The van der Waals surface area contributed by atoms with Crippen molar-refractivity contribution in [1.82, 2.24) is 9.55 Å². The zero-order chi connectivity index (χ0) is 18.0. The van der Waals surface area contributed by atoms with E-state index in [0.717, 1.165) is 28.0 Å². The Morgan fingerprint density at radius 1 is 1.24 bits per heavy atom. The third-order valence-corrected chi connectivity index (χ3v) is 4.37. The monoisotopic (exact) mass is 334 g/mol. The molecule has 3 aromatic rings. The molecule has 0 aliphatic rings. The Hall–Kier alpha value is -2.88. The van der Waals surface area contributed by atoms with E-state index in [-0.39, 0.29) is 12.4 Å². The molecule has 0 aliphatic heterocycles. The van der Waals surface area contributed by atoms with Gasteiger partial charge in [-0.25, -0.2) is 4.98 Å². The number of para-hydroxylation sites is 1. The Kier molecular flexibility index (Phi) is 4.70. The molecular formula is C21H22N2O2. The summed E-state index contributed by atoms with van der Waals surface area (Å²) in [6, 6.07) is 11.6. The highest BCUT2D eigenvalue weighted by atomic mass is 16.5. The maximum atomic E-state index is 12.6. The van der Waals surface area contributed by atoms with E-state index >= 15 is 0 Å². The summed E-state index contributed by atoms with van der Waals surface area (Å²) in [7, 11) is 0. The van der Waals surface area contributed by atoms with E-state index < -0.39 is 0 Å². The minimum Gasteiger partial charge on any atom is -0.483 e. The molecule has 0 spiro atoms. The van der Waals surface area contributed by atoms with Crippen LogP contribution in [-0.4, -0.2) is 21.9 Å². The predicted octanol–water partition coefficient (Wildman–Crippen LogP) is 4.41. The van der Waals surface area contributed by atoms with Crippen molar-refractivity contribution in [2.24, 2.45) is 0 Å². The Labute approximate surface area is 147 Å². The molecule has 0 saturated heterocycles. The van der Waals surface area contributed by atoms with Crippen LogP contribution >= 0.6 is 0 Å². The highest BCUT2D eigenvalue weighted by Crippen LogP contribution is 2.24. The molecule has 2 heterocycles. The highest BCUT2D eigenvalue weighted by molar-refractivity contribution is 5.99. The Morgan fingerprint density at radius 2 is 2.04 bits per heavy atom. The van der Waals surface area contributed by atoms with Crippen molar-refractivity contribution in [3.05, 3.63) is 71.7 Å². The molecule has 4 heteroatoms. The fraction of sp³-hybridized carbons (Fsp3) is 0.238. The fourth-order valence-corrected chi connectivity index (χ4v) is 3.05. The summed E-state index contributed by atoms with van der Waals surface area (Å²) < 4.78 is 7.89. The Bertz CT molecular complexity index is 954. The van der Waals surface area contributed by atoms with Crippen LogP contribution in [0.4, 0.5) is 0 Å². The molecule has 0 unspecified atom stereocenters. The number of fused-ring (bicyclic) bond motifs is 1. The van der Waals surface area contributed by atoms with E-state index in [1.807, 2.05) is 63.2 Å². The molecule has 1 aromatic carbocycles. The van der Waals surface area contributed by atoms with Crippen molar-refractivity contribution in [3.8, 4) is 5.75 Å². The maximum absolute atomic E-state index is 12.6. The number of aryl methyl sites for hydroxylation is 2. The molecule has 3 rings (SSSR count). The lowest BCUT2D eigenvalue weighted by Gasteiger charge is -2.09. The summed E-state index contributed by atoms with van der Waals surface area (Å²) in [4.78, 5) is 17.2. The average Bonchev–Trinajstić information content (AvgIpc) is 2.88. The van der Waals surface area contributed by atoms with E-state index in [4.69, 9.17) is 4.74 Å². The van der Waals surface area contributed by atoms with Gasteiger partial charge in [0.25, 0.3) is 0 Å². The zero-order valence-corrected chi connectivity index (χ0v) is 14.9. The second-order valence-corrected chi connectivity index (χ2v) is 6.18. The number of benzene rings is 1. The highest BCUT2D eigenvalue weighted by Gasteiger charge is 2.16. The second-order valence-electron chi connectivity index (χ2n) is 6.18. The van der Waals surface area contributed by atoms with Crippen LogP contribution in [-0.2, 0) is 6.54 Å². The summed E-state index contributed by atoms with van der Waals surface area (Å²) in [5.41, 5.74) is 4.39. The van der Waals surface area contributed by atoms with Crippen molar-refractivity contribution in [3.63, 3.8) is 0 Å². The lowest BCUT2D eigenvalue weighted by Crippen LogP contribution is -2.13. The van der Waals surface area contributed by atoms with Crippen LogP contribution in [0, 0.1) is 20.8 Å². The van der Waals surface area contributed by atoms with Gasteiger partial charge in [0.1, 0.15) is 11.3 Å². The van der Waals surface area contributed by atoms with Gasteiger partial charge >= 0.3 is 0 Å². The van der Waals surface area contributed by atoms with E-state index in [2.05, 4.69) is 16.1 Å². The number of ether oxygens (including phenoxy) is 1. The van der Waals surface area contributed by atoms with Crippen LogP contribution < -0.4 is 4.74 Å². The molecule has 0 saturated carbocycles.